The number of benzene rings is 1. The van der Waals surface area contributed by atoms with Crippen molar-refractivity contribution >= 4 is 10.9 Å². The number of nitrogens with one attached hydrogen (secondary N) is 1. The van der Waals surface area contributed by atoms with E-state index in [-0.39, 0.29) is 0 Å². The largest absolute Gasteiger partial charge is 0.494 e. The average molecular weight is 280 g/mol. The summed E-state index contributed by atoms with van der Waals surface area (Å²) in [6.07, 6.45) is 5.47. The maximum absolute atomic E-state index is 5.38. The van der Waals surface area contributed by atoms with Gasteiger partial charge in [0.25, 0.3) is 0 Å². The zero-order valence-electron chi connectivity index (χ0n) is 11.8. The van der Waals surface area contributed by atoms with Gasteiger partial charge in [0, 0.05) is 23.1 Å². The van der Waals surface area contributed by atoms with E-state index in [1.54, 1.807) is 13.3 Å². The van der Waals surface area contributed by atoms with Crippen LogP contribution in [0.2, 0.25) is 0 Å². The summed E-state index contributed by atoms with van der Waals surface area (Å²) < 4.78 is 5.38. The Kier molecular flexibility index (Phi) is 2.84. The number of hydrogen-bond donors (Lipinski definition) is 1. The van der Waals surface area contributed by atoms with Gasteiger partial charge in [-0.3, -0.25) is 10.1 Å². The van der Waals surface area contributed by atoms with Gasteiger partial charge < -0.3 is 4.74 Å². The van der Waals surface area contributed by atoms with Gasteiger partial charge in [-0.15, -0.1) is 0 Å². The van der Waals surface area contributed by atoms with Crippen LogP contribution in [0.4, 0.5) is 0 Å². The van der Waals surface area contributed by atoms with Crippen LogP contribution >= 0.6 is 0 Å². The third kappa shape index (κ3) is 1.96. The fourth-order valence-electron chi connectivity index (χ4n) is 2.77. The zero-order valence-corrected chi connectivity index (χ0v) is 11.8. The van der Waals surface area contributed by atoms with E-state index in [4.69, 9.17) is 4.74 Å². The standard InChI is InChI=1S/C16H16N4O/c1-21-13-8-7-12(11-6-3-9-17-14(11)13)16-18-15(19-20-16)10-4-2-5-10/h3,6-10H,2,4-5H2,1H3,(H,18,19,20). The summed E-state index contributed by atoms with van der Waals surface area (Å²) in [4.78, 5) is 9.09. The Labute approximate surface area is 122 Å². The zero-order chi connectivity index (χ0) is 14.2. The number of rotatable bonds is 3. The first-order valence-corrected chi connectivity index (χ1v) is 7.21. The first-order valence-electron chi connectivity index (χ1n) is 7.21. The molecule has 0 bridgehead atoms. The monoisotopic (exact) mass is 280 g/mol. The highest BCUT2D eigenvalue weighted by atomic mass is 16.5. The van der Waals surface area contributed by atoms with Crippen molar-refractivity contribution in [1.29, 1.82) is 0 Å². The fourth-order valence-corrected chi connectivity index (χ4v) is 2.77. The molecule has 0 aliphatic heterocycles. The highest BCUT2D eigenvalue weighted by Gasteiger charge is 2.23. The number of fused-ring (bicyclic) bond motifs is 1. The highest BCUT2D eigenvalue weighted by molar-refractivity contribution is 5.96. The van der Waals surface area contributed by atoms with Crippen molar-refractivity contribution < 1.29 is 4.74 Å². The molecule has 0 spiro atoms. The van der Waals surface area contributed by atoms with Crippen LogP contribution in [0.5, 0.6) is 5.75 Å². The van der Waals surface area contributed by atoms with Crippen molar-refractivity contribution in [2.24, 2.45) is 0 Å². The number of aromatic nitrogens is 4. The second kappa shape index (κ2) is 4.84. The van der Waals surface area contributed by atoms with Crippen molar-refractivity contribution in [3.63, 3.8) is 0 Å². The van der Waals surface area contributed by atoms with E-state index in [0.29, 0.717) is 5.92 Å². The van der Waals surface area contributed by atoms with Crippen molar-refractivity contribution in [1.82, 2.24) is 20.2 Å². The molecule has 1 aliphatic rings. The summed E-state index contributed by atoms with van der Waals surface area (Å²) in [5.41, 5.74) is 1.83. The molecule has 0 atom stereocenters. The van der Waals surface area contributed by atoms with Crippen LogP contribution in [-0.2, 0) is 0 Å². The second-order valence-corrected chi connectivity index (χ2v) is 5.39. The Bertz CT molecular complexity index is 792. The van der Waals surface area contributed by atoms with E-state index in [0.717, 1.165) is 33.9 Å². The molecule has 3 aromatic rings. The van der Waals surface area contributed by atoms with E-state index in [1.807, 2.05) is 24.3 Å². The lowest BCUT2D eigenvalue weighted by Gasteiger charge is -2.22. The van der Waals surface area contributed by atoms with Crippen molar-refractivity contribution in [3.8, 4) is 17.1 Å². The maximum Gasteiger partial charge on any atom is 0.181 e. The van der Waals surface area contributed by atoms with Gasteiger partial charge in [0.05, 0.1) is 7.11 Å². The Morgan fingerprint density at radius 1 is 1.24 bits per heavy atom. The second-order valence-electron chi connectivity index (χ2n) is 5.39. The van der Waals surface area contributed by atoms with Crippen LogP contribution in [-0.4, -0.2) is 27.3 Å². The molecule has 2 aromatic heterocycles. The topological polar surface area (TPSA) is 63.7 Å². The molecule has 0 unspecified atom stereocenters. The number of pyridine rings is 1. The number of hydrogen-bond acceptors (Lipinski definition) is 4. The van der Waals surface area contributed by atoms with Crippen LogP contribution in [0.1, 0.15) is 31.0 Å². The number of methoxy groups -OCH3 is 1. The molecular weight excluding hydrogens is 264 g/mol. The van der Waals surface area contributed by atoms with Crippen molar-refractivity contribution in [3.05, 3.63) is 36.3 Å². The Morgan fingerprint density at radius 3 is 2.90 bits per heavy atom. The molecule has 5 heteroatoms. The van der Waals surface area contributed by atoms with E-state index < -0.39 is 0 Å². The predicted molar refractivity (Wildman–Crippen MR) is 80.3 cm³/mol. The Hall–Kier alpha value is -2.43. The molecule has 1 N–H and O–H groups in total. The van der Waals surface area contributed by atoms with Gasteiger partial charge in [-0.2, -0.15) is 5.10 Å². The quantitative estimate of drug-likeness (QED) is 0.799. The predicted octanol–water partition coefficient (Wildman–Crippen LogP) is 3.30. The molecule has 1 aromatic carbocycles. The molecule has 4 rings (SSSR count). The van der Waals surface area contributed by atoms with Crippen LogP contribution in [0.15, 0.2) is 30.5 Å². The lowest BCUT2D eigenvalue weighted by molar-refractivity contribution is 0.402. The molecular formula is C16H16N4O. The smallest absolute Gasteiger partial charge is 0.181 e. The maximum atomic E-state index is 5.38. The van der Waals surface area contributed by atoms with Gasteiger partial charge in [0.15, 0.2) is 5.82 Å². The first-order chi connectivity index (χ1) is 10.4. The summed E-state index contributed by atoms with van der Waals surface area (Å²) in [7, 11) is 1.66. The van der Waals surface area contributed by atoms with E-state index >= 15 is 0 Å². The summed E-state index contributed by atoms with van der Waals surface area (Å²) in [6.45, 7) is 0. The van der Waals surface area contributed by atoms with Crippen molar-refractivity contribution in [2.75, 3.05) is 7.11 Å². The molecule has 0 radical (unpaired) electrons. The number of nitrogens with zero attached hydrogens (tertiary/aromatic N) is 3. The van der Waals surface area contributed by atoms with Gasteiger partial charge in [-0.1, -0.05) is 12.5 Å². The minimum atomic E-state index is 0.550. The van der Waals surface area contributed by atoms with Gasteiger partial charge in [-0.05, 0) is 31.0 Å². The van der Waals surface area contributed by atoms with Gasteiger partial charge in [0.2, 0.25) is 0 Å². The lowest BCUT2D eigenvalue weighted by Crippen LogP contribution is -2.10. The Morgan fingerprint density at radius 2 is 2.14 bits per heavy atom. The summed E-state index contributed by atoms with van der Waals surface area (Å²) in [5.74, 6) is 3.06. The van der Waals surface area contributed by atoms with Crippen LogP contribution < -0.4 is 4.74 Å². The highest BCUT2D eigenvalue weighted by Crippen LogP contribution is 2.36. The molecule has 21 heavy (non-hydrogen) atoms. The molecule has 5 nitrogen and oxygen atoms in total. The molecule has 2 heterocycles. The molecule has 1 fully saturated rings. The fraction of sp³-hybridized carbons (Fsp3) is 0.312. The number of ether oxygens (including phenoxy) is 1. The van der Waals surface area contributed by atoms with Gasteiger partial charge in [-0.25, -0.2) is 4.98 Å². The summed E-state index contributed by atoms with van der Waals surface area (Å²) in [6, 6.07) is 7.87. The summed E-state index contributed by atoms with van der Waals surface area (Å²) in [5, 5.41) is 8.49. The minimum absolute atomic E-state index is 0.550. The minimum Gasteiger partial charge on any atom is -0.494 e. The molecule has 1 saturated carbocycles. The van der Waals surface area contributed by atoms with Gasteiger partial charge in [0.1, 0.15) is 17.1 Å². The van der Waals surface area contributed by atoms with E-state index in [9.17, 15) is 0 Å². The SMILES string of the molecule is COc1ccc(-c2n[nH]c(C3CCC3)n2)c2cccnc12. The normalized spacial score (nSPS) is 15.1. The molecule has 0 amide bonds. The lowest BCUT2D eigenvalue weighted by atomic mass is 9.85. The van der Waals surface area contributed by atoms with Crippen LogP contribution in [0.25, 0.3) is 22.3 Å². The molecule has 1 aliphatic carbocycles. The Balaban J connectivity index is 1.84. The number of aromatic amines is 1. The number of H-pyrrole nitrogens is 1. The summed E-state index contributed by atoms with van der Waals surface area (Å²) >= 11 is 0. The van der Waals surface area contributed by atoms with Crippen molar-refractivity contribution in [2.45, 2.75) is 25.2 Å². The molecule has 0 saturated heterocycles. The molecule has 106 valence electrons. The van der Waals surface area contributed by atoms with E-state index in [1.165, 1.54) is 19.3 Å². The third-order valence-electron chi connectivity index (χ3n) is 4.19. The van der Waals surface area contributed by atoms with E-state index in [2.05, 4.69) is 20.2 Å². The van der Waals surface area contributed by atoms with Gasteiger partial charge >= 0.3 is 0 Å². The van der Waals surface area contributed by atoms with Crippen LogP contribution in [0, 0.1) is 0 Å². The van der Waals surface area contributed by atoms with Crippen LogP contribution in [0.3, 0.4) is 0 Å². The first kappa shape index (κ1) is 12.3. The average Bonchev–Trinajstić information content (AvgIpc) is 2.93. The third-order valence-corrected chi connectivity index (χ3v) is 4.19.